The third-order valence-electron chi connectivity index (χ3n) is 5.90. The molecule has 0 amide bonds. The van der Waals surface area contributed by atoms with Gasteiger partial charge in [-0.2, -0.15) is 5.10 Å². The van der Waals surface area contributed by atoms with Gasteiger partial charge in [-0.25, -0.2) is 4.98 Å². The van der Waals surface area contributed by atoms with E-state index in [9.17, 15) is 0 Å². The molecule has 2 aromatic carbocycles. The van der Waals surface area contributed by atoms with E-state index < -0.39 is 0 Å². The van der Waals surface area contributed by atoms with Gasteiger partial charge in [0.15, 0.2) is 0 Å². The van der Waals surface area contributed by atoms with Gasteiger partial charge in [-0.15, -0.1) is 0 Å². The van der Waals surface area contributed by atoms with Crippen LogP contribution < -0.4 is 0 Å². The van der Waals surface area contributed by atoms with Crippen molar-refractivity contribution in [3.63, 3.8) is 0 Å². The Labute approximate surface area is 176 Å². The number of rotatable bonds is 4. The van der Waals surface area contributed by atoms with Crippen LogP contribution in [0.5, 0.6) is 0 Å². The molecule has 3 heterocycles. The van der Waals surface area contributed by atoms with Crippen molar-refractivity contribution < 1.29 is 0 Å². The van der Waals surface area contributed by atoms with E-state index in [1.165, 1.54) is 27.9 Å². The summed E-state index contributed by atoms with van der Waals surface area (Å²) in [6.07, 6.45) is 6.07. The van der Waals surface area contributed by atoms with Crippen LogP contribution in [0.1, 0.15) is 28.2 Å². The highest BCUT2D eigenvalue weighted by Crippen LogP contribution is 2.27. The van der Waals surface area contributed by atoms with Crippen molar-refractivity contribution in [1.82, 2.24) is 24.6 Å². The molecule has 2 aromatic heterocycles. The molecule has 150 valence electrons. The zero-order chi connectivity index (χ0) is 20.7. The molecule has 0 saturated heterocycles. The SMILES string of the molecule is Cc1ccc(-c2ccc(-c3nc4c([nH]3)C=CN(Cc3ccnn3C)C4)cc2)cc1C. The molecule has 0 saturated carbocycles. The van der Waals surface area contributed by atoms with Gasteiger partial charge in [0.2, 0.25) is 0 Å². The maximum absolute atomic E-state index is 4.88. The molecule has 1 aliphatic heterocycles. The van der Waals surface area contributed by atoms with Crippen LogP contribution in [0, 0.1) is 13.8 Å². The van der Waals surface area contributed by atoms with E-state index in [0.717, 1.165) is 35.9 Å². The van der Waals surface area contributed by atoms with Crippen LogP contribution in [-0.2, 0) is 20.1 Å². The van der Waals surface area contributed by atoms with E-state index in [4.69, 9.17) is 4.98 Å². The standard InChI is InChI=1S/C25H25N5/c1-17-4-5-21(14-18(17)2)19-6-8-20(9-7-19)25-27-23-11-13-30(16-24(23)28-25)15-22-10-12-26-29(22)3/h4-14H,15-16H2,1-3H3,(H,27,28). The number of hydrogen-bond acceptors (Lipinski definition) is 3. The quantitative estimate of drug-likeness (QED) is 0.524. The third kappa shape index (κ3) is 3.43. The molecule has 0 atom stereocenters. The summed E-state index contributed by atoms with van der Waals surface area (Å²) in [5, 5.41) is 4.25. The fraction of sp³-hybridized carbons (Fsp3) is 0.200. The molecule has 0 radical (unpaired) electrons. The first-order valence-corrected chi connectivity index (χ1v) is 10.2. The molecule has 5 heteroatoms. The number of fused-ring (bicyclic) bond motifs is 1. The molecule has 0 unspecified atom stereocenters. The number of H-pyrrole nitrogens is 1. The van der Waals surface area contributed by atoms with Crippen molar-refractivity contribution in [3.05, 3.63) is 89.1 Å². The van der Waals surface area contributed by atoms with Gasteiger partial charge >= 0.3 is 0 Å². The van der Waals surface area contributed by atoms with Crippen LogP contribution in [0.25, 0.3) is 28.6 Å². The van der Waals surface area contributed by atoms with E-state index in [0.29, 0.717) is 0 Å². The van der Waals surface area contributed by atoms with Gasteiger partial charge in [0.25, 0.3) is 0 Å². The van der Waals surface area contributed by atoms with Crippen LogP contribution in [0.3, 0.4) is 0 Å². The predicted molar refractivity (Wildman–Crippen MR) is 120 cm³/mol. The van der Waals surface area contributed by atoms with Crippen molar-refractivity contribution in [2.75, 3.05) is 0 Å². The number of aromatic nitrogens is 4. The maximum atomic E-state index is 4.88. The Balaban J connectivity index is 1.35. The molecule has 0 bridgehead atoms. The summed E-state index contributed by atoms with van der Waals surface area (Å²) >= 11 is 0. The first-order chi connectivity index (χ1) is 14.6. The number of benzene rings is 2. The van der Waals surface area contributed by atoms with Gasteiger partial charge in [-0.05, 0) is 48.2 Å². The second-order valence-corrected chi connectivity index (χ2v) is 7.99. The molecule has 0 fully saturated rings. The Hall–Kier alpha value is -3.60. The normalized spacial score (nSPS) is 13.0. The van der Waals surface area contributed by atoms with Crippen LogP contribution in [0.15, 0.2) is 60.9 Å². The van der Waals surface area contributed by atoms with Crippen molar-refractivity contribution in [3.8, 4) is 22.5 Å². The molecular formula is C25H25N5. The number of nitrogens with zero attached hydrogens (tertiary/aromatic N) is 4. The minimum atomic E-state index is 0.786. The third-order valence-corrected chi connectivity index (χ3v) is 5.90. The van der Waals surface area contributed by atoms with E-state index in [1.54, 1.807) is 0 Å². The average Bonchev–Trinajstić information content (AvgIpc) is 3.36. The van der Waals surface area contributed by atoms with Crippen molar-refractivity contribution in [1.29, 1.82) is 0 Å². The molecule has 0 aliphatic carbocycles. The van der Waals surface area contributed by atoms with Crippen molar-refractivity contribution in [2.24, 2.45) is 7.05 Å². The van der Waals surface area contributed by atoms with E-state index >= 15 is 0 Å². The number of nitrogens with one attached hydrogen (secondary N) is 1. The van der Waals surface area contributed by atoms with Crippen LogP contribution in [0.4, 0.5) is 0 Å². The predicted octanol–water partition coefficient (Wildman–Crippen LogP) is 5.08. The van der Waals surface area contributed by atoms with E-state index in [1.807, 2.05) is 17.9 Å². The largest absolute Gasteiger partial charge is 0.366 e. The van der Waals surface area contributed by atoms with Gasteiger partial charge in [0.05, 0.1) is 30.2 Å². The van der Waals surface area contributed by atoms with Crippen LogP contribution >= 0.6 is 0 Å². The van der Waals surface area contributed by atoms with Crippen LogP contribution in [0.2, 0.25) is 0 Å². The number of imidazole rings is 1. The van der Waals surface area contributed by atoms with E-state index in [-0.39, 0.29) is 0 Å². The fourth-order valence-electron chi connectivity index (χ4n) is 3.86. The highest BCUT2D eigenvalue weighted by Gasteiger charge is 2.17. The highest BCUT2D eigenvalue weighted by atomic mass is 15.3. The Morgan fingerprint density at radius 3 is 2.43 bits per heavy atom. The number of aromatic amines is 1. The Morgan fingerprint density at radius 2 is 1.70 bits per heavy atom. The molecule has 4 aromatic rings. The van der Waals surface area contributed by atoms with Crippen molar-refractivity contribution >= 4 is 6.08 Å². The van der Waals surface area contributed by atoms with Gasteiger partial charge in [-0.3, -0.25) is 4.68 Å². The van der Waals surface area contributed by atoms with Crippen molar-refractivity contribution in [2.45, 2.75) is 26.9 Å². The number of aryl methyl sites for hydroxylation is 3. The summed E-state index contributed by atoms with van der Waals surface area (Å²) in [4.78, 5) is 10.6. The molecule has 0 spiro atoms. The zero-order valence-corrected chi connectivity index (χ0v) is 17.6. The average molecular weight is 396 g/mol. The summed E-state index contributed by atoms with van der Waals surface area (Å²) in [7, 11) is 1.97. The highest BCUT2D eigenvalue weighted by molar-refractivity contribution is 5.69. The Bertz CT molecular complexity index is 1230. The van der Waals surface area contributed by atoms with Gasteiger partial charge in [0.1, 0.15) is 5.82 Å². The molecule has 1 N–H and O–H groups in total. The molecule has 30 heavy (non-hydrogen) atoms. The smallest absolute Gasteiger partial charge is 0.138 e. The lowest BCUT2D eigenvalue weighted by molar-refractivity contribution is 0.344. The molecule has 1 aliphatic rings. The summed E-state index contributed by atoms with van der Waals surface area (Å²) < 4.78 is 1.91. The van der Waals surface area contributed by atoms with Gasteiger partial charge in [0, 0.05) is 25.0 Å². The second kappa shape index (κ2) is 7.34. The summed E-state index contributed by atoms with van der Waals surface area (Å²) in [6, 6.07) is 17.3. The summed E-state index contributed by atoms with van der Waals surface area (Å²) in [5.74, 6) is 0.915. The Kier molecular flexibility index (Phi) is 4.51. The summed E-state index contributed by atoms with van der Waals surface area (Å²) in [5.41, 5.74) is 9.55. The zero-order valence-electron chi connectivity index (χ0n) is 17.6. The van der Waals surface area contributed by atoms with Crippen LogP contribution in [-0.4, -0.2) is 24.6 Å². The Morgan fingerprint density at radius 1 is 0.933 bits per heavy atom. The lowest BCUT2D eigenvalue weighted by Crippen LogP contribution is -2.21. The summed E-state index contributed by atoms with van der Waals surface area (Å²) in [6.45, 7) is 5.91. The topological polar surface area (TPSA) is 49.7 Å². The monoisotopic (exact) mass is 395 g/mol. The minimum absolute atomic E-state index is 0.786. The first kappa shape index (κ1) is 18.4. The van der Waals surface area contributed by atoms with E-state index in [2.05, 4.69) is 89.6 Å². The number of hydrogen-bond donors (Lipinski definition) is 1. The lowest BCUT2D eigenvalue weighted by Gasteiger charge is -2.22. The minimum Gasteiger partial charge on any atom is -0.366 e. The van der Waals surface area contributed by atoms with Gasteiger partial charge in [-0.1, -0.05) is 42.5 Å². The molecule has 5 nitrogen and oxygen atoms in total. The lowest BCUT2D eigenvalue weighted by atomic mass is 9.99. The molecule has 5 rings (SSSR count). The molecular weight excluding hydrogens is 370 g/mol. The van der Waals surface area contributed by atoms with Gasteiger partial charge < -0.3 is 9.88 Å². The fourth-order valence-corrected chi connectivity index (χ4v) is 3.86. The second-order valence-electron chi connectivity index (χ2n) is 7.99. The first-order valence-electron chi connectivity index (χ1n) is 10.2. The maximum Gasteiger partial charge on any atom is 0.138 e.